The predicted octanol–water partition coefficient (Wildman–Crippen LogP) is 0.0586. The molecular formula is C14H22N2O5S2. The van der Waals surface area contributed by atoms with E-state index in [0.717, 1.165) is 5.56 Å². The average Bonchev–Trinajstić information content (AvgIpc) is 2.83. The third-order valence-electron chi connectivity index (χ3n) is 3.69. The van der Waals surface area contributed by atoms with E-state index >= 15 is 0 Å². The van der Waals surface area contributed by atoms with Gasteiger partial charge in [0.25, 0.3) is 0 Å². The van der Waals surface area contributed by atoms with Gasteiger partial charge in [0.1, 0.15) is 10.6 Å². The van der Waals surface area contributed by atoms with Gasteiger partial charge in [-0.1, -0.05) is 6.07 Å². The highest BCUT2D eigenvalue weighted by Gasteiger charge is 2.27. The summed E-state index contributed by atoms with van der Waals surface area (Å²) >= 11 is 0. The molecule has 1 aliphatic rings. The molecule has 2 rings (SSSR count). The molecule has 1 aromatic carbocycles. The monoisotopic (exact) mass is 362 g/mol. The topological polar surface area (TPSA) is 102 Å². The standard InChI is InChI=1S/C14H22N2O5S2/c1-11-3-4-13(21-2)14(9-11)23(19,20)16-7-6-15-12-5-8-22(17,18)10-12/h3-4,9,12,15-16H,5-8,10H2,1-2H3/t12-/m0/s1. The summed E-state index contributed by atoms with van der Waals surface area (Å²) in [6, 6.07) is 4.85. The fourth-order valence-corrected chi connectivity index (χ4v) is 5.48. The fraction of sp³-hybridized carbons (Fsp3) is 0.571. The Hall–Kier alpha value is -1.16. The van der Waals surface area contributed by atoms with Crippen molar-refractivity contribution in [2.75, 3.05) is 31.7 Å². The SMILES string of the molecule is COc1ccc(C)cc1S(=O)(=O)NCCN[C@H]1CCS(=O)(=O)C1. The first-order valence-corrected chi connectivity index (χ1v) is 10.6. The molecule has 130 valence electrons. The van der Waals surface area contributed by atoms with Gasteiger partial charge in [0.05, 0.1) is 18.6 Å². The van der Waals surface area contributed by atoms with Crippen LogP contribution < -0.4 is 14.8 Å². The molecule has 0 spiro atoms. The van der Waals surface area contributed by atoms with Crippen LogP contribution >= 0.6 is 0 Å². The Kier molecular flexibility index (Phi) is 5.66. The highest BCUT2D eigenvalue weighted by Crippen LogP contribution is 2.24. The van der Waals surface area contributed by atoms with Crippen LogP contribution in [0, 0.1) is 6.92 Å². The predicted molar refractivity (Wildman–Crippen MR) is 88.0 cm³/mol. The normalized spacial score (nSPS) is 20.5. The Balaban J connectivity index is 1.91. The summed E-state index contributed by atoms with van der Waals surface area (Å²) in [7, 11) is -5.19. The molecule has 1 heterocycles. The van der Waals surface area contributed by atoms with Crippen LogP contribution in [0.15, 0.2) is 23.1 Å². The Morgan fingerprint density at radius 3 is 2.65 bits per heavy atom. The number of ether oxygens (including phenoxy) is 1. The van der Waals surface area contributed by atoms with Gasteiger partial charge in [-0.15, -0.1) is 0 Å². The molecule has 0 amide bonds. The Labute approximate surface area is 137 Å². The third kappa shape index (κ3) is 4.90. The highest BCUT2D eigenvalue weighted by molar-refractivity contribution is 7.91. The van der Waals surface area contributed by atoms with Gasteiger partial charge in [0.2, 0.25) is 10.0 Å². The van der Waals surface area contributed by atoms with Crippen molar-refractivity contribution in [3.8, 4) is 5.75 Å². The quantitative estimate of drug-likeness (QED) is 0.665. The molecule has 2 N–H and O–H groups in total. The molecule has 23 heavy (non-hydrogen) atoms. The van der Waals surface area contributed by atoms with Gasteiger partial charge in [-0.05, 0) is 31.0 Å². The van der Waals surface area contributed by atoms with Crippen molar-refractivity contribution in [1.82, 2.24) is 10.0 Å². The van der Waals surface area contributed by atoms with Gasteiger partial charge in [0.15, 0.2) is 9.84 Å². The van der Waals surface area contributed by atoms with Crippen LogP contribution in [0.3, 0.4) is 0 Å². The van der Waals surface area contributed by atoms with E-state index in [9.17, 15) is 16.8 Å². The highest BCUT2D eigenvalue weighted by atomic mass is 32.2. The van der Waals surface area contributed by atoms with Gasteiger partial charge < -0.3 is 10.1 Å². The van der Waals surface area contributed by atoms with Crippen LogP contribution in [0.1, 0.15) is 12.0 Å². The summed E-state index contributed by atoms with van der Waals surface area (Å²) < 4.78 is 55.0. The van der Waals surface area contributed by atoms with Crippen molar-refractivity contribution < 1.29 is 21.6 Å². The molecule has 1 atom stereocenters. The number of methoxy groups -OCH3 is 1. The van der Waals surface area contributed by atoms with Crippen LogP contribution in [-0.4, -0.2) is 54.6 Å². The fourth-order valence-electron chi connectivity index (χ4n) is 2.49. The minimum absolute atomic E-state index is 0.0991. The zero-order valence-electron chi connectivity index (χ0n) is 13.2. The number of benzene rings is 1. The lowest BCUT2D eigenvalue weighted by Crippen LogP contribution is -2.37. The zero-order chi connectivity index (χ0) is 17.1. The molecule has 0 unspecified atom stereocenters. The minimum atomic E-state index is -3.68. The van der Waals surface area contributed by atoms with Crippen LogP contribution in [0.25, 0.3) is 0 Å². The van der Waals surface area contributed by atoms with Crippen LogP contribution in [0.4, 0.5) is 0 Å². The van der Waals surface area contributed by atoms with Crippen molar-refractivity contribution in [3.05, 3.63) is 23.8 Å². The molecule has 0 bridgehead atoms. The Bertz CT molecular complexity index is 759. The third-order valence-corrected chi connectivity index (χ3v) is 6.94. The first kappa shape index (κ1) is 18.2. The summed E-state index contributed by atoms with van der Waals surface area (Å²) in [5, 5.41) is 3.06. The van der Waals surface area contributed by atoms with Gasteiger partial charge >= 0.3 is 0 Å². The summed E-state index contributed by atoms with van der Waals surface area (Å²) in [6.45, 7) is 2.35. The van der Waals surface area contributed by atoms with Crippen LogP contribution in [0.5, 0.6) is 5.75 Å². The maximum absolute atomic E-state index is 12.3. The van der Waals surface area contributed by atoms with Crippen molar-refractivity contribution in [1.29, 1.82) is 0 Å². The van der Waals surface area contributed by atoms with Crippen molar-refractivity contribution in [3.63, 3.8) is 0 Å². The zero-order valence-corrected chi connectivity index (χ0v) is 14.8. The van der Waals surface area contributed by atoms with E-state index in [1.165, 1.54) is 7.11 Å². The molecule has 0 saturated carbocycles. The lowest BCUT2D eigenvalue weighted by atomic mass is 10.2. The smallest absolute Gasteiger partial charge is 0.244 e. The average molecular weight is 362 g/mol. The van der Waals surface area contributed by atoms with Crippen molar-refractivity contribution in [2.45, 2.75) is 24.3 Å². The largest absolute Gasteiger partial charge is 0.495 e. The Morgan fingerprint density at radius 2 is 2.04 bits per heavy atom. The second-order valence-corrected chi connectivity index (χ2v) is 9.57. The van der Waals surface area contributed by atoms with Crippen molar-refractivity contribution in [2.24, 2.45) is 0 Å². The molecule has 9 heteroatoms. The molecule has 0 radical (unpaired) electrons. The second kappa shape index (κ2) is 7.16. The summed E-state index contributed by atoms with van der Waals surface area (Å²) in [6.07, 6.45) is 0.570. The lowest BCUT2D eigenvalue weighted by molar-refractivity contribution is 0.402. The van der Waals surface area contributed by atoms with E-state index in [2.05, 4.69) is 10.0 Å². The number of sulfonamides is 1. The van der Waals surface area contributed by atoms with Gasteiger partial charge in [-0.3, -0.25) is 0 Å². The molecule has 0 aliphatic carbocycles. The molecule has 1 aromatic rings. The maximum atomic E-state index is 12.3. The molecule has 7 nitrogen and oxygen atoms in total. The second-order valence-electron chi connectivity index (χ2n) is 5.61. The number of hydrogen-bond donors (Lipinski definition) is 2. The maximum Gasteiger partial charge on any atom is 0.244 e. The first-order chi connectivity index (χ1) is 10.7. The summed E-state index contributed by atoms with van der Waals surface area (Å²) in [4.78, 5) is 0.100. The van der Waals surface area contributed by atoms with E-state index in [0.29, 0.717) is 13.0 Å². The molecule has 0 aromatic heterocycles. The number of sulfone groups is 1. The van der Waals surface area contributed by atoms with Crippen LogP contribution in [0.2, 0.25) is 0 Å². The van der Waals surface area contributed by atoms with E-state index < -0.39 is 19.9 Å². The summed E-state index contributed by atoms with van der Waals surface area (Å²) in [5.41, 5.74) is 0.820. The van der Waals surface area contributed by atoms with Crippen LogP contribution in [-0.2, 0) is 19.9 Å². The van der Waals surface area contributed by atoms with E-state index in [4.69, 9.17) is 4.74 Å². The Morgan fingerprint density at radius 1 is 1.30 bits per heavy atom. The number of hydrogen-bond acceptors (Lipinski definition) is 6. The number of nitrogens with one attached hydrogen (secondary N) is 2. The van der Waals surface area contributed by atoms with E-state index in [1.54, 1.807) is 25.1 Å². The first-order valence-electron chi connectivity index (χ1n) is 7.31. The number of rotatable bonds is 7. The minimum Gasteiger partial charge on any atom is -0.495 e. The molecule has 1 aliphatic heterocycles. The molecule has 1 saturated heterocycles. The van der Waals surface area contributed by atoms with Gasteiger partial charge in [-0.2, -0.15) is 0 Å². The summed E-state index contributed by atoms with van der Waals surface area (Å²) in [5.74, 6) is 0.598. The molecular weight excluding hydrogens is 340 g/mol. The van der Waals surface area contributed by atoms with Crippen molar-refractivity contribution >= 4 is 19.9 Å². The van der Waals surface area contributed by atoms with E-state index in [1.807, 2.05) is 0 Å². The van der Waals surface area contributed by atoms with Gasteiger partial charge in [0, 0.05) is 19.1 Å². The molecule has 1 fully saturated rings. The number of aryl methyl sites for hydroxylation is 1. The van der Waals surface area contributed by atoms with Gasteiger partial charge in [-0.25, -0.2) is 21.6 Å². The van der Waals surface area contributed by atoms with E-state index in [-0.39, 0.29) is 34.7 Å². The lowest BCUT2D eigenvalue weighted by Gasteiger charge is -2.13.